The summed E-state index contributed by atoms with van der Waals surface area (Å²) in [6.45, 7) is 2.98. The van der Waals surface area contributed by atoms with Crippen LogP contribution in [0.15, 0.2) is 30.6 Å². The number of carbonyl (C=O) groups excluding carboxylic acids is 1. The molecule has 0 aliphatic heterocycles. The summed E-state index contributed by atoms with van der Waals surface area (Å²) < 4.78 is 2.24. The number of aliphatic hydroxyl groups is 3. The van der Waals surface area contributed by atoms with Crippen LogP contribution >= 0.6 is 0 Å². The normalized spacial score (nSPS) is 13.7. The van der Waals surface area contributed by atoms with Crippen LogP contribution in [0.2, 0.25) is 0 Å². The van der Waals surface area contributed by atoms with Crippen LogP contribution in [0.4, 0.5) is 0 Å². The van der Waals surface area contributed by atoms with Gasteiger partial charge in [-0.1, -0.05) is 129 Å². The smallest absolute Gasteiger partial charge is 0.220 e. The minimum atomic E-state index is -1.14. The van der Waals surface area contributed by atoms with Crippen molar-refractivity contribution in [3.63, 3.8) is 0 Å². The van der Waals surface area contributed by atoms with E-state index in [0.717, 1.165) is 45.1 Å². The molecule has 0 radical (unpaired) electrons. The number of aromatic nitrogens is 1. The molecule has 238 valence electrons. The highest BCUT2D eigenvalue weighted by molar-refractivity contribution is 5.76. The first-order valence-corrected chi connectivity index (χ1v) is 17.3. The third kappa shape index (κ3) is 21.8. The summed E-state index contributed by atoms with van der Waals surface area (Å²) in [5.74, 6) is -0.156. The van der Waals surface area contributed by atoms with E-state index >= 15 is 0 Å². The van der Waals surface area contributed by atoms with Gasteiger partial charge in [0.25, 0.3) is 0 Å². The highest BCUT2D eigenvalue weighted by Gasteiger charge is 2.26. The largest absolute Gasteiger partial charge is 0.394 e. The van der Waals surface area contributed by atoms with E-state index in [0.29, 0.717) is 12.8 Å². The van der Waals surface area contributed by atoms with Crippen molar-refractivity contribution in [3.05, 3.63) is 30.6 Å². The van der Waals surface area contributed by atoms with Crippen molar-refractivity contribution in [2.45, 2.75) is 179 Å². The van der Waals surface area contributed by atoms with Gasteiger partial charge in [0, 0.05) is 25.0 Å². The number of carbonyl (C=O) groups is 1. The van der Waals surface area contributed by atoms with Crippen molar-refractivity contribution in [2.24, 2.45) is 0 Å². The number of nitrogens with zero attached hydrogens (tertiary/aromatic N) is 1. The Morgan fingerprint density at radius 1 is 0.659 bits per heavy atom. The van der Waals surface area contributed by atoms with Crippen molar-refractivity contribution < 1.29 is 24.7 Å². The molecule has 0 saturated heterocycles. The van der Waals surface area contributed by atoms with Gasteiger partial charge in [0.15, 0.2) is 12.4 Å². The van der Waals surface area contributed by atoms with Crippen LogP contribution in [0, 0.1) is 0 Å². The first kappa shape index (κ1) is 37.5. The molecular formula is C35H65N2O4+. The Kier molecular flexibility index (Phi) is 25.0. The van der Waals surface area contributed by atoms with Gasteiger partial charge in [-0.15, -0.1) is 0 Å². The number of nitrogens with one attached hydrogen (secondary N) is 1. The zero-order chi connectivity index (χ0) is 29.8. The van der Waals surface area contributed by atoms with Gasteiger partial charge in [0.05, 0.1) is 18.8 Å². The molecule has 6 heteroatoms. The van der Waals surface area contributed by atoms with Crippen molar-refractivity contribution in [2.75, 3.05) is 6.61 Å². The summed E-state index contributed by atoms with van der Waals surface area (Å²) in [4.78, 5) is 12.3. The fraction of sp³-hybridized carbons (Fsp3) is 0.829. The maximum Gasteiger partial charge on any atom is 0.220 e. The molecule has 0 fully saturated rings. The Labute approximate surface area is 252 Å². The van der Waals surface area contributed by atoms with Crippen molar-refractivity contribution >= 4 is 5.91 Å². The number of amides is 1. The molecule has 41 heavy (non-hydrogen) atoms. The number of unbranched alkanes of at least 4 members (excludes halogenated alkanes) is 19. The third-order valence-electron chi connectivity index (χ3n) is 8.30. The molecule has 1 aromatic heterocycles. The van der Waals surface area contributed by atoms with Gasteiger partial charge in [0.1, 0.15) is 12.6 Å². The zero-order valence-electron chi connectivity index (χ0n) is 26.5. The predicted molar refractivity (Wildman–Crippen MR) is 170 cm³/mol. The molecule has 0 bridgehead atoms. The molecule has 0 aromatic carbocycles. The molecule has 1 amide bonds. The third-order valence-corrected chi connectivity index (χ3v) is 8.30. The average Bonchev–Trinajstić information content (AvgIpc) is 2.99. The molecule has 1 heterocycles. The van der Waals surface area contributed by atoms with Crippen molar-refractivity contribution in [3.8, 4) is 0 Å². The number of aryl methyl sites for hydroxylation is 1. The molecule has 1 aromatic rings. The van der Waals surface area contributed by atoms with Crippen LogP contribution in [0.25, 0.3) is 0 Å². The van der Waals surface area contributed by atoms with E-state index in [2.05, 4.69) is 41.3 Å². The van der Waals surface area contributed by atoms with E-state index in [4.69, 9.17) is 0 Å². The molecule has 0 aliphatic carbocycles. The van der Waals surface area contributed by atoms with Crippen LogP contribution in [0.1, 0.15) is 155 Å². The molecule has 4 N–H and O–H groups in total. The monoisotopic (exact) mass is 577 g/mol. The summed E-state index contributed by atoms with van der Waals surface area (Å²) in [6, 6.07) is 5.38. The van der Waals surface area contributed by atoms with Gasteiger partial charge in [-0.05, 0) is 19.3 Å². The van der Waals surface area contributed by atoms with Crippen LogP contribution in [0.3, 0.4) is 0 Å². The van der Waals surface area contributed by atoms with E-state index in [1.165, 1.54) is 96.3 Å². The lowest BCUT2D eigenvalue weighted by molar-refractivity contribution is -0.697. The molecule has 0 spiro atoms. The Morgan fingerprint density at radius 2 is 1.12 bits per heavy atom. The fourth-order valence-corrected chi connectivity index (χ4v) is 5.55. The SMILES string of the molecule is CCCCCCCCCCCCCC[C@@H](O)[C@H](O)[C@H](CO)NC(=O)CCCCCCCCCCC[n+]1ccccc1. The Balaban J connectivity index is 1.96. The number of hydrogen-bond acceptors (Lipinski definition) is 4. The van der Waals surface area contributed by atoms with E-state index in [1.807, 2.05) is 6.07 Å². The quantitative estimate of drug-likeness (QED) is 0.0600. The second-order valence-electron chi connectivity index (χ2n) is 12.1. The molecular weight excluding hydrogens is 512 g/mol. The zero-order valence-corrected chi connectivity index (χ0v) is 26.5. The molecule has 0 unspecified atom stereocenters. The van der Waals surface area contributed by atoms with Crippen molar-refractivity contribution in [1.29, 1.82) is 0 Å². The van der Waals surface area contributed by atoms with Gasteiger partial charge in [-0.25, -0.2) is 4.57 Å². The summed E-state index contributed by atoms with van der Waals surface area (Å²) in [7, 11) is 0. The molecule has 6 nitrogen and oxygen atoms in total. The van der Waals surface area contributed by atoms with Gasteiger partial charge in [-0.3, -0.25) is 4.79 Å². The van der Waals surface area contributed by atoms with Gasteiger partial charge >= 0.3 is 0 Å². The maximum atomic E-state index is 12.3. The maximum absolute atomic E-state index is 12.3. The fourth-order valence-electron chi connectivity index (χ4n) is 5.55. The number of aliphatic hydroxyl groups excluding tert-OH is 3. The summed E-state index contributed by atoms with van der Waals surface area (Å²) in [6.07, 6.45) is 28.6. The Bertz CT molecular complexity index is 703. The number of rotatable bonds is 29. The second kappa shape index (κ2) is 27.3. The minimum Gasteiger partial charge on any atom is -0.394 e. The highest BCUT2D eigenvalue weighted by atomic mass is 16.3. The number of pyridine rings is 1. The molecule has 0 saturated carbocycles. The van der Waals surface area contributed by atoms with Crippen LogP contribution < -0.4 is 9.88 Å². The molecule has 3 atom stereocenters. The van der Waals surface area contributed by atoms with Gasteiger partial charge in [0.2, 0.25) is 5.91 Å². The lowest BCUT2D eigenvalue weighted by Crippen LogP contribution is -2.50. The van der Waals surface area contributed by atoms with Crippen LogP contribution in [-0.2, 0) is 11.3 Å². The van der Waals surface area contributed by atoms with E-state index in [9.17, 15) is 20.1 Å². The Hall–Kier alpha value is -1.50. The molecule has 0 aliphatic rings. The summed E-state index contributed by atoms with van der Waals surface area (Å²) >= 11 is 0. The summed E-state index contributed by atoms with van der Waals surface area (Å²) in [5.41, 5.74) is 0. The lowest BCUT2D eigenvalue weighted by Gasteiger charge is -2.26. The predicted octanol–water partition coefficient (Wildman–Crippen LogP) is 7.17. The van der Waals surface area contributed by atoms with Crippen LogP contribution in [-0.4, -0.2) is 46.1 Å². The number of hydrogen-bond donors (Lipinski definition) is 4. The van der Waals surface area contributed by atoms with Crippen molar-refractivity contribution in [1.82, 2.24) is 5.32 Å². The second-order valence-corrected chi connectivity index (χ2v) is 12.1. The Morgan fingerprint density at radius 3 is 1.63 bits per heavy atom. The summed E-state index contributed by atoms with van der Waals surface area (Å²) in [5, 5.41) is 33.3. The van der Waals surface area contributed by atoms with E-state index in [-0.39, 0.29) is 12.5 Å². The van der Waals surface area contributed by atoms with E-state index in [1.54, 1.807) is 0 Å². The van der Waals surface area contributed by atoms with Gasteiger partial charge < -0.3 is 20.6 Å². The van der Waals surface area contributed by atoms with Gasteiger partial charge in [-0.2, -0.15) is 0 Å². The van der Waals surface area contributed by atoms with Crippen LogP contribution in [0.5, 0.6) is 0 Å². The van der Waals surface area contributed by atoms with E-state index < -0.39 is 18.2 Å². The highest BCUT2D eigenvalue weighted by Crippen LogP contribution is 2.15. The molecule has 1 rings (SSSR count). The first-order chi connectivity index (χ1) is 20.1. The topological polar surface area (TPSA) is 93.7 Å². The lowest BCUT2D eigenvalue weighted by atomic mass is 9.99. The minimum absolute atomic E-state index is 0.156. The first-order valence-electron chi connectivity index (χ1n) is 17.3. The standard InChI is InChI=1S/C35H64N2O4/c1-2-3-4-5-6-7-8-9-11-14-17-21-26-33(39)35(41)32(31-38)36-34(40)27-22-18-15-12-10-13-16-19-23-28-37-29-24-20-25-30-37/h20,24-25,29-30,32-33,35,38-39,41H,2-19,21-23,26-28,31H2,1H3/p+1/t32-,33+,35+/m0/s1. The average molecular weight is 578 g/mol.